The first kappa shape index (κ1) is 11.1. The number of hydrogen-bond acceptors (Lipinski definition) is 2. The van der Waals surface area contributed by atoms with Gasteiger partial charge >= 0.3 is 0 Å². The Morgan fingerprint density at radius 2 is 1.47 bits per heavy atom. The Morgan fingerprint density at radius 1 is 0.933 bits per heavy atom. The van der Waals surface area contributed by atoms with Gasteiger partial charge in [0.25, 0.3) is 0 Å². The lowest BCUT2D eigenvalue weighted by molar-refractivity contribution is 0.190. The summed E-state index contributed by atoms with van der Waals surface area (Å²) in [5.41, 5.74) is 0.916. The molecule has 0 bridgehead atoms. The first-order chi connectivity index (χ1) is 7.27. The lowest BCUT2D eigenvalue weighted by Gasteiger charge is -2.35. The van der Waals surface area contributed by atoms with Crippen molar-refractivity contribution < 1.29 is 0 Å². The molecule has 2 aliphatic rings. The van der Waals surface area contributed by atoms with E-state index in [0.717, 1.165) is 17.5 Å². The topological polar surface area (TPSA) is 35.9 Å². The monoisotopic (exact) mass is 208 g/mol. The molecule has 1 saturated heterocycles. The maximum absolute atomic E-state index is 7.69. The molecule has 0 radical (unpaired) electrons. The van der Waals surface area contributed by atoms with Gasteiger partial charge < -0.3 is 10.7 Å². The van der Waals surface area contributed by atoms with Crippen LogP contribution in [0.2, 0.25) is 0 Å². The molecule has 1 saturated carbocycles. The first-order valence-electron chi connectivity index (χ1n) is 6.53. The summed E-state index contributed by atoms with van der Waals surface area (Å²) in [6.45, 7) is 4.44. The van der Waals surface area contributed by atoms with Gasteiger partial charge in [0.05, 0.1) is 0 Å². The molecule has 1 heterocycles. The largest absolute Gasteiger partial charge is 0.317 e. The van der Waals surface area contributed by atoms with Crippen molar-refractivity contribution in [3.8, 4) is 0 Å². The predicted molar refractivity (Wildman–Crippen MR) is 64.4 cm³/mol. The van der Waals surface area contributed by atoms with Crippen molar-refractivity contribution in [3.05, 3.63) is 0 Å². The van der Waals surface area contributed by atoms with E-state index in [0.29, 0.717) is 5.92 Å². The van der Waals surface area contributed by atoms with Gasteiger partial charge in [-0.2, -0.15) is 0 Å². The number of rotatable bonds is 2. The molecule has 0 atom stereocenters. The first-order valence-corrected chi connectivity index (χ1v) is 6.53. The number of piperidine rings is 1. The van der Waals surface area contributed by atoms with E-state index in [4.69, 9.17) is 5.41 Å². The van der Waals surface area contributed by atoms with Crippen LogP contribution in [0.4, 0.5) is 0 Å². The van der Waals surface area contributed by atoms with Crippen LogP contribution in [-0.2, 0) is 0 Å². The van der Waals surface area contributed by atoms with Crippen LogP contribution >= 0.6 is 0 Å². The van der Waals surface area contributed by atoms with Gasteiger partial charge in [0.1, 0.15) is 0 Å². The highest BCUT2D eigenvalue weighted by Gasteiger charge is 2.28. The third-order valence-electron chi connectivity index (χ3n) is 4.43. The lowest BCUT2D eigenvalue weighted by Crippen LogP contribution is -2.33. The van der Waals surface area contributed by atoms with E-state index in [-0.39, 0.29) is 0 Å². The maximum Gasteiger partial charge on any atom is 0.00891 e. The highest BCUT2D eigenvalue weighted by molar-refractivity contribution is 5.81. The SMILES string of the molecule is CC(=N)C1CCC(C2CCNCC2)CC1. The van der Waals surface area contributed by atoms with Crippen LogP contribution in [0.25, 0.3) is 0 Å². The number of hydrogen-bond donors (Lipinski definition) is 2. The standard InChI is InChI=1S/C13H24N2/c1-10(14)11-2-4-12(5-3-11)13-6-8-15-9-7-13/h11-15H,2-9H2,1H3. The van der Waals surface area contributed by atoms with Crippen molar-refractivity contribution in [2.75, 3.05) is 13.1 Å². The Bertz CT molecular complexity index is 211. The highest BCUT2D eigenvalue weighted by Crippen LogP contribution is 2.37. The van der Waals surface area contributed by atoms with Gasteiger partial charge in [0.2, 0.25) is 0 Å². The fourth-order valence-corrected chi connectivity index (χ4v) is 3.34. The zero-order valence-electron chi connectivity index (χ0n) is 9.89. The van der Waals surface area contributed by atoms with Crippen molar-refractivity contribution in [2.45, 2.75) is 45.4 Å². The zero-order valence-corrected chi connectivity index (χ0v) is 9.89. The minimum absolute atomic E-state index is 0.614. The summed E-state index contributed by atoms with van der Waals surface area (Å²) in [6, 6.07) is 0. The predicted octanol–water partition coefficient (Wildman–Crippen LogP) is 2.83. The molecule has 2 rings (SSSR count). The van der Waals surface area contributed by atoms with Gasteiger partial charge in [-0.15, -0.1) is 0 Å². The minimum atomic E-state index is 0.614. The minimum Gasteiger partial charge on any atom is -0.317 e. The van der Waals surface area contributed by atoms with Gasteiger partial charge in [0.15, 0.2) is 0 Å². The smallest absolute Gasteiger partial charge is 0.00891 e. The van der Waals surface area contributed by atoms with Crippen molar-refractivity contribution in [1.82, 2.24) is 5.32 Å². The molecule has 2 heteroatoms. The van der Waals surface area contributed by atoms with Crippen molar-refractivity contribution in [2.24, 2.45) is 17.8 Å². The second-order valence-electron chi connectivity index (χ2n) is 5.38. The Balaban J connectivity index is 1.79. The normalized spacial score (nSPS) is 33.9. The van der Waals surface area contributed by atoms with E-state index in [9.17, 15) is 0 Å². The second-order valence-corrected chi connectivity index (χ2v) is 5.38. The summed E-state index contributed by atoms with van der Waals surface area (Å²) in [5.74, 6) is 2.57. The molecule has 15 heavy (non-hydrogen) atoms. The van der Waals surface area contributed by atoms with E-state index in [2.05, 4.69) is 5.32 Å². The van der Waals surface area contributed by atoms with Gasteiger partial charge in [-0.3, -0.25) is 0 Å². The summed E-state index contributed by atoms with van der Waals surface area (Å²) in [4.78, 5) is 0. The highest BCUT2D eigenvalue weighted by atomic mass is 14.9. The van der Waals surface area contributed by atoms with Crippen molar-refractivity contribution in [3.63, 3.8) is 0 Å². The summed E-state index contributed by atoms with van der Waals surface area (Å²) in [6.07, 6.45) is 8.10. The molecule has 0 amide bonds. The van der Waals surface area contributed by atoms with Gasteiger partial charge in [-0.1, -0.05) is 0 Å². The third-order valence-corrected chi connectivity index (χ3v) is 4.43. The van der Waals surface area contributed by atoms with Crippen LogP contribution < -0.4 is 5.32 Å². The van der Waals surface area contributed by atoms with Crippen LogP contribution in [0.15, 0.2) is 0 Å². The van der Waals surface area contributed by atoms with Gasteiger partial charge in [-0.05, 0) is 76.3 Å². The summed E-state index contributed by atoms with van der Waals surface area (Å²) < 4.78 is 0. The average Bonchev–Trinajstić information content (AvgIpc) is 2.30. The molecule has 0 aromatic heterocycles. The fraction of sp³-hybridized carbons (Fsp3) is 0.923. The fourth-order valence-electron chi connectivity index (χ4n) is 3.34. The van der Waals surface area contributed by atoms with E-state index in [1.165, 1.54) is 51.6 Å². The van der Waals surface area contributed by atoms with Crippen LogP contribution in [0.3, 0.4) is 0 Å². The summed E-state index contributed by atoms with van der Waals surface area (Å²) in [7, 11) is 0. The maximum atomic E-state index is 7.69. The molecule has 1 aliphatic heterocycles. The zero-order chi connectivity index (χ0) is 10.7. The summed E-state index contributed by atoms with van der Waals surface area (Å²) in [5, 5.41) is 11.1. The number of nitrogens with one attached hydrogen (secondary N) is 2. The van der Waals surface area contributed by atoms with Gasteiger partial charge in [0, 0.05) is 5.71 Å². The van der Waals surface area contributed by atoms with Crippen molar-refractivity contribution >= 4 is 5.71 Å². The second kappa shape index (κ2) is 5.11. The molecule has 2 fully saturated rings. The Hall–Kier alpha value is -0.370. The average molecular weight is 208 g/mol. The molecule has 0 aromatic rings. The molecular formula is C13H24N2. The molecule has 0 aromatic carbocycles. The molecule has 2 N–H and O–H groups in total. The molecule has 0 unspecified atom stereocenters. The third kappa shape index (κ3) is 2.81. The van der Waals surface area contributed by atoms with Crippen LogP contribution in [0.1, 0.15) is 45.4 Å². The van der Waals surface area contributed by atoms with E-state index in [1.807, 2.05) is 6.92 Å². The van der Waals surface area contributed by atoms with Crippen LogP contribution in [-0.4, -0.2) is 18.8 Å². The van der Waals surface area contributed by atoms with Crippen LogP contribution in [0.5, 0.6) is 0 Å². The van der Waals surface area contributed by atoms with E-state index >= 15 is 0 Å². The Labute approximate surface area is 93.3 Å². The van der Waals surface area contributed by atoms with E-state index in [1.54, 1.807) is 0 Å². The van der Waals surface area contributed by atoms with Gasteiger partial charge in [-0.25, -0.2) is 0 Å². The molecule has 0 spiro atoms. The Kier molecular flexibility index (Phi) is 3.79. The Morgan fingerprint density at radius 3 is 2.00 bits per heavy atom. The molecular weight excluding hydrogens is 184 g/mol. The lowest BCUT2D eigenvalue weighted by atomic mass is 9.72. The van der Waals surface area contributed by atoms with Crippen molar-refractivity contribution in [1.29, 1.82) is 5.41 Å². The summed E-state index contributed by atoms with van der Waals surface area (Å²) >= 11 is 0. The molecule has 2 nitrogen and oxygen atoms in total. The van der Waals surface area contributed by atoms with Crippen LogP contribution in [0, 0.1) is 23.2 Å². The molecule has 1 aliphatic carbocycles. The van der Waals surface area contributed by atoms with E-state index < -0.39 is 0 Å². The quantitative estimate of drug-likeness (QED) is 0.673. The molecule has 86 valence electrons.